The van der Waals surface area contributed by atoms with Crippen LogP contribution < -0.4 is 20.4 Å². The van der Waals surface area contributed by atoms with Gasteiger partial charge in [-0.2, -0.15) is 0 Å². The van der Waals surface area contributed by atoms with Crippen LogP contribution in [-0.2, 0) is 19.2 Å². The molecule has 2 N–H and O–H groups in total. The zero-order valence-electron chi connectivity index (χ0n) is 14.2. The van der Waals surface area contributed by atoms with Crippen molar-refractivity contribution < 1.29 is 49.8 Å². The van der Waals surface area contributed by atoms with E-state index in [9.17, 15) is 39.6 Å². The number of carboxylic acid groups (broad SMARTS) is 4. The Kier molecular flexibility index (Phi) is 15.7. The number of aliphatic carboxylic acids is 4. The number of aliphatic hydroxyl groups is 2. The van der Waals surface area contributed by atoms with Gasteiger partial charge in [0.05, 0.1) is 11.9 Å². The quantitative estimate of drug-likeness (QED) is 0.324. The molecule has 0 spiro atoms. The molecule has 0 aromatic rings. The predicted molar refractivity (Wildman–Crippen MR) is 76.0 cm³/mol. The van der Waals surface area contributed by atoms with Gasteiger partial charge in [0, 0.05) is 24.8 Å². The Balaban J connectivity index is -0.000000308. The molecule has 0 fully saturated rings. The molecule has 0 aromatic heterocycles. The standard InChI is InChI=1S/2C5H8O5.C4H9.Sn/c2*1-5(10,4(8)9)2-3(6)7;1-3-4-2;/h2*10H,2H2,1H3,(H,6,7)(H,8,9);1,3-4H2,2H3;/q;;;+3/p-4. The Bertz CT molecular complexity index is 405. The maximum absolute atomic E-state index is 9.90. The van der Waals surface area contributed by atoms with Crippen molar-refractivity contribution in [1.29, 1.82) is 0 Å². The van der Waals surface area contributed by atoms with E-state index >= 15 is 0 Å². The van der Waals surface area contributed by atoms with Crippen LogP contribution in [0.5, 0.6) is 0 Å². The second-order valence-corrected chi connectivity index (χ2v) is 6.75. The van der Waals surface area contributed by atoms with E-state index < -0.39 is 47.9 Å². The van der Waals surface area contributed by atoms with Crippen LogP contribution >= 0.6 is 0 Å². The predicted octanol–water partition coefficient (Wildman–Crippen LogP) is -5.37. The van der Waals surface area contributed by atoms with Gasteiger partial charge in [0.1, 0.15) is 11.2 Å². The maximum atomic E-state index is 9.90. The summed E-state index contributed by atoms with van der Waals surface area (Å²) in [6.07, 6.45) is 0.869. The third-order valence-corrected chi connectivity index (χ3v) is 3.40. The number of hydrogen-bond acceptors (Lipinski definition) is 10. The number of carboxylic acids is 4. The van der Waals surface area contributed by atoms with Crippen LogP contribution in [0.4, 0.5) is 0 Å². The SMILES string of the molecule is CC(O)(CC(=O)[O-])C(=O)[O-].CC(O)(CC(=O)[O-])C(=O)[O-].CCC[CH2][Sn+3]. The van der Waals surface area contributed by atoms with Crippen LogP contribution in [0, 0.1) is 0 Å². The normalized spacial score (nSPS) is 14.4. The van der Waals surface area contributed by atoms with Gasteiger partial charge < -0.3 is 49.8 Å². The van der Waals surface area contributed by atoms with Gasteiger partial charge in [0.2, 0.25) is 0 Å². The zero-order chi connectivity index (χ0) is 20.8. The van der Waals surface area contributed by atoms with Gasteiger partial charge in [-0.05, 0) is 13.8 Å². The van der Waals surface area contributed by atoms with Crippen LogP contribution in [0.1, 0.15) is 46.5 Å². The van der Waals surface area contributed by atoms with Crippen molar-refractivity contribution in [2.24, 2.45) is 0 Å². The Morgan fingerprint density at radius 3 is 1.16 bits per heavy atom. The van der Waals surface area contributed by atoms with Gasteiger partial charge in [-0.3, -0.25) is 0 Å². The summed E-state index contributed by atoms with van der Waals surface area (Å²) in [5.74, 6) is -6.91. The molecular weight excluding hydrogens is 447 g/mol. The summed E-state index contributed by atoms with van der Waals surface area (Å²) < 4.78 is 1.43. The summed E-state index contributed by atoms with van der Waals surface area (Å²) in [6.45, 7) is 3.89. The summed E-state index contributed by atoms with van der Waals surface area (Å²) in [5, 5.41) is 56.7. The molecule has 2 unspecified atom stereocenters. The molecule has 11 heteroatoms. The van der Waals surface area contributed by atoms with Gasteiger partial charge in [-0.25, -0.2) is 0 Å². The topological polar surface area (TPSA) is 201 Å². The summed E-state index contributed by atoms with van der Waals surface area (Å²) in [6, 6.07) is 0. The second kappa shape index (κ2) is 13.8. The Morgan fingerprint density at radius 2 is 1.12 bits per heavy atom. The molecule has 2 atom stereocenters. The van der Waals surface area contributed by atoms with Crippen LogP contribution in [0.2, 0.25) is 4.44 Å². The fourth-order valence-electron chi connectivity index (χ4n) is 0.883. The minimum absolute atomic E-state index is 0.831. The fourth-order valence-corrected chi connectivity index (χ4v) is 1.89. The van der Waals surface area contributed by atoms with Crippen molar-refractivity contribution in [3.8, 4) is 0 Å². The van der Waals surface area contributed by atoms with E-state index in [0.29, 0.717) is 0 Å². The van der Waals surface area contributed by atoms with Crippen molar-refractivity contribution in [3.05, 3.63) is 0 Å². The van der Waals surface area contributed by atoms with E-state index in [1.807, 2.05) is 0 Å². The molecule has 0 aromatic carbocycles. The third kappa shape index (κ3) is 18.8. The van der Waals surface area contributed by atoms with Crippen molar-refractivity contribution in [2.45, 2.75) is 62.1 Å². The average molecular weight is 468 g/mol. The molecule has 0 rings (SSSR count). The summed E-state index contributed by atoms with van der Waals surface area (Å²) >= 11 is 1.68. The Hall–Kier alpha value is -1.40. The van der Waals surface area contributed by atoms with E-state index in [1.54, 1.807) is 22.5 Å². The second-order valence-electron chi connectivity index (χ2n) is 5.32. The van der Waals surface area contributed by atoms with Crippen LogP contribution in [0.15, 0.2) is 0 Å². The first-order valence-electron chi connectivity index (χ1n) is 7.06. The van der Waals surface area contributed by atoms with Gasteiger partial charge in [-0.15, -0.1) is 0 Å². The van der Waals surface area contributed by atoms with Gasteiger partial charge in [-0.1, -0.05) is 0 Å². The van der Waals surface area contributed by atoms with Crippen molar-refractivity contribution in [3.63, 3.8) is 0 Å². The van der Waals surface area contributed by atoms with E-state index in [4.69, 9.17) is 10.2 Å². The summed E-state index contributed by atoms with van der Waals surface area (Å²) in [5.41, 5.74) is -4.67. The number of unbranched alkanes of at least 4 members (excludes halogenated alkanes) is 1. The molecule has 0 aliphatic carbocycles. The fraction of sp³-hybridized carbons (Fsp3) is 0.714. The van der Waals surface area contributed by atoms with E-state index in [-0.39, 0.29) is 0 Å². The number of carbonyl (C=O) groups excluding carboxylic acids is 4. The first-order chi connectivity index (χ1) is 11.1. The molecule has 25 heavy (non-hydrogen) atoms. The van der Waals surface area contributed by atoms with Crippen LogP contribution in [0.3, 0.4) is 0 Å². The van der Waals surface area contributed by atoms with Gasteiger partial charge in [0.15, 0.2) is 0 Å². The van der Waals surface area contributed by atoms with Crippen LogP contribution in [-0.4, -0.2) is 67.8 Å². The van der Waals surface area contributed by atoms with Gasteiger partial charge >= 0.3 is 46.7 Å². The Labute approximate surface area is 158 Å². The number of hydrogen-bond donors (Lipinski definition) is 2. The molecule has 0 saturated carbocycles. The Morgan fingerprint density at radius 1 is 0.840 bits per heavy atom. The third-order valence-electron chi connectivity index (χ3n) is 2.39. The molecule has 0 amide bonds. The summed E-state index contributed by atoms with van der Waals surface area (Å²) in [7, 11) is 0. The molecule has 0 saturated heterocycles. The zero-order valence-corrected chi connectivity index (χ0v) is 17.1. The van der Waals surface area contributed by atoms with E-state index in [2.05, 4.69) is 6.92 Å². The van der Waals surface area contributed by atoms with E-state index in [1.165, 1.54) is 17.3 Å². The van der Waals surface area contributed by atoms with Crippen LogP contribution in [0.25, 0.3) is 0 Å². The van der Waals surface area contributed by atoms with E-state index in [0.717, 1.165) is 13.8 Å². The molecule has 0 radical (unpaired) electrons. The molecule has 10 nitrogen and oxygen atoms in total. The van der Waals surface area contributed by atoms with Crippen molar-refractivity contribution in [1.82, 2.24) is 0 Å². The molecule has 0 bridgehead atoms. The van der Waals surface area contributed by atoms with Crippen molar-refractivity contribution in [2.75, 3.05) is 0 Å². The molecule has 0 aliphatic rings. The number of carbonyl (C=O) groups is 4. The first kappa shape index (κ1) is 28.4. The summed E-state index contributed by atoms with van der Waals surface area (Å²) in [4.78, 5) is 39.3. The number of rotatable bonds is 8. The van der Waals surface area contributed by atoms with Gasteiger partial charge in [0.25, 0.3) is 0 Å². The minimum atomic E-state index is -2.33. The average Bonchev–Trinajstić information content (AvgIpc) is 2.37. The molecular formula is C14H21O10Sn-. The molecule has 0 heterocycles. The van der Waals surface area contributed by atoms with Crippen molar-refractivity contribution >= 4 is 46.4 Å². The monoisotopic (exact) mass is 469 g/mol. The molecule has 0 aliphatic heterocycles. The first-order valence-corrected chi connectivity index (χ1v) is 9.07. The molecule has 142 valence electrons.